The highest BCUT2D eigenvalue weighted by molar-refractivity contribution is 5.83. The molecule has 3 heterocycles. The van der Waals surface area contributed by atoms with Gasteiger partial charge in [-0.25, -0.2) is 19.3 Å². The fourth-order valence-corrected chi connectivity index (χ4v) is 2.94. The summed E-state index contributed by atoms with van der Waals surface area (Å²) >= 11 is 0. The van der Waals surface area contributed by atoms with Crippen molar-refractivity contribution < 1.29 is 19.3 Å². The Morgan fingerprint density at radius 3 is 2.70 bits per heavy atom. The fraction of sp³-hybridized carbons (Fsp3) is 0.278. The van der Waals surface area contributed by atoms with E-state index in [1.54, 1.807) is 24.3 Å². The molecule has 0 spiro atoms. The van der Waals surface area contributed by atoms with Crippen molar-refractivity contribution in [1.29, 1.82) is 0 Å². The van der Waals surface area contributed by atoms with Crippen molar-refractivity contribution in [3.8, 4) is 0 Å². The maximum Gasteiger partial charge on any atom is 0.164 e. The van der Waals surface area contributed by atoms with Crippen LogP contribution in [-0.2, 0) is 4.74 Å². The summed E-state index contributed by atoms with van der Waals surface area (Å²) in [6.07, 6.45) is 1.48. The van der Waals surface area contributed by atoms with E-state index in [1.165, 1.54) is 12.1 Å². The highest BCUT2D eigenvalue weighted by atomic mass is 19.1. The molecule has 140 valence electrons. The summed E-state index contributed by atoms with van der Waals surface area (Å²) in [5, 5.41) is 20.0. The molecule has 0 bridgehead atoms. The van der Waals surface area contributed by atoms with Crippen LogP contribution in [0.4, 0.5) is 10.2 Å². The molecule has 5 N–H and O–H groups in total. The number of hydrogen-bond donors (Lipinski definition) is 4. The van der Waals surface area contributed by atoms with Crippen LogP contribution < -0.4 is 5.73 Å². The molecule has 1 saturated heterocycles. The van der Waals surface area contributed by atoms with E-state index in [1.807, 2.05) is 0 Å². The Morgan fingerprint density at radius 2 is 2.00 bits per heavy atom. The van der Waals surface area contributed by atoms with Crippen LogP contribution in [-0.4, -0.2) is 49.0 Å². The van der Waals surface area contributed by atoms with Crippen LogP contribution in [0.5, 0.6) is 0 Å². The van der Waals surface area contributed by atoms with Gasteiger partial charge in [0.15, 0.2) is 22.8 Å². The third-order valence-electron chi connectivity index (χ3n) is 4.33. The maximum atomic E-state index is 13.0. The second-order valence-corrected chi connectivity index (χ2v) is 6.38. The lowest BCUT2D eigenvalue weighted by molar-refractivity contribution is -0.00843. The molecule has 27 heavy (non-hydrogen) atoms. The number of anilines is 1. The van der Waals surface area contributed by atoms with Gasteiger partial charge < -0.3 is 25.7 Å². The Labute approximate surface area is 153 Å². The number of aromatic amines is 1. The van der Waals surface area contributed by atoms with Crippen molar-refractivity contribution in [2.75, 3.05) is 12.3 Å². The summed E-state index contributed by atoms with van der Waals surface area (Å²) in [7, 11) is 0. The first-order chi connectivity index (χ1) is 13.0. The number of benzene rings is 1. The van der Waals surface area contributed by atoms with Gasteiger partial charge >= 0.3 is 0 Å². The van der Waals surface area contributed by atoms with Crippen LogP contribution in [0.3, 0.4) is 0 Å². The summed E-state index contributed by atoms with van der Waals surface area (Å²) in [4.78, 5) is 15.8. The van der Waals surface area contributed by atoms with E-state index in [0.29, 0.717) is 23.4 Å². The molecular formula is C18H18FN5O3. The molecule has 0 saturated carbocycles. The standard InChI is InChI=1S/C18H18FN5O3/c19-10-4-1-9(2-5-10)3-6-13-21-14-16(20)23-18(24-17(14)22-13)15(26)12-7-11(25)8-27-12/h1-6,11-12,15,25-26H,7-8H2,(H3,20,21,22,23,24)/b6-3+. The SMILES string of the molecule is Nc1nc(C(O)C2CC(O)CO2)nc2[nH]c(/C=C/c3ccc(F)cc3)nc12. The molecule has 3 unspecified atom stereocenters. The van der Waals surface area contributed by atoms with Gasteiger partial charge in [-0.2, -0.15) is 0 Å². The third-order valence-corrected chi connectivity index (χ3v) is 4.33. The van der Waals surface area contributed by atoms with Gasteiger partial charge in [0.1, 0.15) is 17.7 Å². The largest absolute Gasteiger partial charge is 0.391 e. The zero-order chi connectivity index (χ0) is 19.0. The van der Waals surface area contributed by atoms with Crippen molar-refractivity contribution >= 4 is 29.1 Å². The summed E-state index contributed by atoms with van der Waals surface area (Å²) in [5.41, 5.74) is 7.54. The van der Waals surface area contributed by atoms with Gasteiger partial charge in [-0.3, -0.25) is 0 Å². The Bertz CT molecular complexity index is 989. The number of nitrogens with one attached hydrogen (secondary N) is 1. The molecule has 1 aliphatic heterocycles. The van der Waals surface area contributed by atoms with Gasteiger partial charge in [0.05, 0.1) is 18.8 Å². The summed E-state index contributed by atoms with van der Waals surface area (Å²) in [6, 6.07) is 6.04. The van der Waals surface area contributed by atoms with Crippen LogP contribution in [0, 0.1) is 5.82 Å². The molecule has 9 heteroatoms. The average Bonchev–Trinajstić information content (AvgIpc) is 3.27. The van der Waals surface area contributed by atoms with Gasteiger partial charge in [0, 0.05) is 6.42 Å². The Hall–Kier alpha value is -2.88. The van der Waals surface area contributed by atoms with E-state index in [4.69, 9.17) is 10.5 Å². The maximum absolute atomic E-state index is 13.0. The van der Waals surface area contributed by atoms with Crippen molar-refractivity contribution in [1.82, 2.24) is 19.9 Å². The molecule has 8 nitrogen and oxygen atoms in total. The number of aliphatic hydroxyl groups is 2. The number of H-pyrrole nitrogens is 1. The minimum atomic E-state index is -1.10. The number of imidazole rings is 1. The van der Waals surface area contributed by atoms with Gasteiger partial charge in [-0.1, -0.05) is 18.2 Å². The van der Waals surface area contributed by atoms with Crippen molar-refractivity contribution in [2.45, 2.75) is 24.7 Å². The second kappa shape index (κ2) is 7.03. The molecule has 3 atom stereocenters. The number of rotatable bonds is 4. The minimum absolute atomic E-state index is 0.108. The van der Waals surface area contributed by atoms with Crippen molar-refractivity contribution in [3.63, 3.8) is 0 Å². The zero-order valence-electron chi connectivity index (χ0n) is 14.2. The highest BCUT2D eigenvalue weighted by Crippen LogP contribution is 2.27. The first-order valence-corrected chi connectivity index (χ1v) is 8.44. The third kappa shape index (κ3) is 3.65. The van der Waals surface area contributed by atoms with E-state index in [0.717, 1.165) is 5.56 Å². The normalized spacial score (nSPS) is 21.3. The topological polar surface area (TPSA) is 130 Å². The Kier molecular flexibility index (Phi) is 4.56. The van der Waals surface area contributed by atoms with Gasteiger partial charge in [-0.05, 0) is 23.8 Å². The number of ether oxygens (including phenoxy) is 1. The monoisotopic (exact) mass is 371 g/mol. The van der Waals surface area contributed by atoms with Crippen molar-refractivity contribution in [3.05, 3.63) is 47.3 Å². The van der Waals surface area contributed by atoms with Crippen LogP contribution in [0.2, 0.25) is 0 Å². The lowest BCUT2D eigenvalue weighted by Crippen LogP contribution is -2.20. The molecule has 2 aromatic heterocycles. The first kappa shape index (κ1) is 17.5. The summed E-state index contributed by atoms with van der Waals surface area (Å²) < 4.78 is 18.3. The summed E-state index contributed by atoms with van der Waals surface area (Å²) in [5.74, 6) is 0.431. The number of aliphatic hydroxyl groups excluding tert-OH is 2. The second-order valence-electron chi connectivity index (χ2n) is 6.38. The van der Waals surface area contributed by atoms with Crippen LogP contribution >= 0.6 is 0 Å². The molecule has 1 aliphatic rings. The molecule has 1 aromatic carbocycles. The van der Waals surface area contributed by atoms with E-state index in [9.17, 15) is 14.6 Å². The Balaban J connectivity index is 1.60. The predicted octanol–water partition coefficient (Wildman–Crippen LogP) is 1.43. The minimum Gasteiger partial charge on any atom is -0.391 e. The smallest absolute Gasteiger partial charge is 0.164 e. The average molecular weight is 371 g/mol. The lowest BCUT2D eigenvalue weighted by atomic mass is 10.1. The number of nitrogens with zero attached hydrogens (tertiary/aromatic N) is 3. The van der Waals surface area contributed by atoms with Gasteiger partial charge in [0.25, 0.3) is 0 Å². The number of hydrogen-bond acceptors (Lipinski definition) is 7. The number of aromatic nitrogens is 4. The first-order valence-electron chi connectivity index (χ1n) is 8.44. The van der Waals surface area contributed by atoms with E-state index in [-0.39, 0.29) is 24.1 Å². The highest BCUT2D eigenvalue weighted by Gasteiger charge is 2.32. The molecule has 4 rings (SSSR count). The quantitative estimate of drug-likeness (QED) is 0.546. The predicted molar refractivity (Wildman–Crippen MR) is 96.7 cm³/mol. The summed E-state index contributed by atoms with van der Waals surface area (Å²) in [6.45, 7) is 0.168. The number of nitrogens with two attached hydrogens (primary N) is 1. The Morgan fingerprint density at radius 1 is 1.22 bits per heavy atom. The van der Waals surface area contributed by atoms with Crippen LogP contribution in [0.25, 0.3) is 23.3 Å². The van der Waals surface area contributed by atoms with E-state index >= 15 is 0 Å². The lowest BCUT2D eigenvalue weighted by Gasteiger charge is -2.15. The van der Waals surface area contributed by atoms with Crippen LogP contribution in [0.1, 0.15) is 29.7 Å². The number of halogens is 1. The zero-order valence-corrected chi connectivity index (χ0v) is 14.2. The molecule has 3 aromatic rings. The molecule has 0 radical (unpaired) electrons. The van der Waals surface area contributed by atoms with Gasteiger partial charge in [-0.15, -0.1) is 0 Å². The van der Waals surface area contributed by atoms with Crippen LogP contribution in [0.15, 0.2) is 24.3 Å². The number of nitrogen functional groups attached to an aromatic ring is 1. The fourth-order valence-electron chi connectivity index (χ4n) is 2.94. The molecule has 0 aliphatic carbocycles. The molecule has 0 amide bonds. The van der Waals surface area contributed by atoms with Gasteiger partial charge in [0.2, 0.25) is 0 Å². The van der Waals surface area contributed by atoms with E-state index in [2.05, 4.69) is 19.9 Å². The molecule has 1 fully saturated rings. The molecular weight excluding hydrogens is 353 g/mol. The number of fused-ring (bicyclic) bond motifs is 1. The van der Waals surface area contributed by atoms with E-state index < -0.39 is 18.3 Å². The van der Waals surface area contributed by atoms with Crippen molar-refractivity contribution in [2.24, 2.45) is 0 Å².